The molecule has 1 atom stereocenters. The second kappa shape index (κ2) is 11.5. The molecule has 2 aromatic heterocycles. The first-order valence-corrected chi connectivity index (χ1v) is 14.2. The number of hydrogen-bond acceptors (Lipinski definition) is 6. The van der Waals surface area contributed by atoms with Crippen LogP contribution in [0.5, 0.6) is 0 Å². The number of hydrogen-bond donors (Lipinski definition) is 1. The van der Waals surface area contributed by atoms with Crippen molar-refractivity contribution in [2.45, 2.75) is 5.25 Å². The molecule has 1 aliphatic heterocycles. The highest BCUT2D eigenvalue weighted by molar-refractivity contribution is 8.00. The number of benzene rings is 2. The second-order valence-corrected chi connectivity index (χ2v) is 11.3. The Bertz CT molecular complexity index is 1410. The molecule has 2 amide bonds. The number of thiophene rings is 1. The van der Waals surface area contributed by atoms with Gasteiger partial charge in [-0.1, -0.05) is 36.4 Å². The van der Waals surface area contributed by atoms with E-state index in [1.165, 1.54) is 28.8 Å². The van der Waals surface area contributed by atoms with Gasteiger partial charge in [0.15, 0.2) is 0 Å². The summed E-state index contributed by atoms with van der Waals surface area (Å²) >= 11 is 3.15. The number of rotatable bonds is 8. The first-order chi connectivity index (χ1) is 18.4. The predicted octanol–water partition coefficient (Wildman–Crippen LogP) is 4.59. The normalized spacial score (nSPS) is 15.4. The van der Waals surface area contributed by atoms with Crippen LogP contribution in [0.4, 0.5) is 10.2 Å². The summed E-state index contributed by atoms with van der Waals surface area (Å²) in [5, 5.41) is 9.77. The van der Waals surface area contributed by atoms with Crippen LogP contribution in [-0.4, -0.2) is 66.0 Å². The molecule has 1 unspecified atom stereocenters. The van der Waals surface area contributed by atoms with E-state index in [2.05, 4.69) is 11.4 Å². The number of nitrogens with zero attached hydrogens (tertiary/aromatic N) is 4. The minimum atomic E-state index is -0.365. The molecule has 4 aromatic rings. The molecule has 0 fully saturated rings. The van der Waals surface area contributed by atoms with Gasteiger partial charge in [-0.05, 0) is 49.8 Å². The van der Waals surface area contributed by atoms with Crippen LogP contribution in [0, 0.1) is 5.82 Å². The molecule has 196 valence electrons. The van der Waals surface area contributed by atoms with Gasteiger partial charge in [0, 0.05) is 29.1 Å². The number of fused-ring (bicyclic) bond motifs is 1. The zero-order valence-corrected chi connectivity index (χ0v) is 22.8. The largest absolute Gasteiger partial charge is 0.353 e. The van der Waals surface area contributed by atoms with E-state index in [0.717, 1.165) is 21.7 Å². The molecule has 0 saturated carbocycles. The van der Waals surface area contributed by atoms with Gasteiger partial charge in [-0.3, -0.25) is 14.5 Å². The number of carbonyl (C=O) groups is 2. The van der Waals surface area contributed by atoms with Crippen molar-refractivity contribution < 1.29 is 14.0 Å². The van der Waals surface area contributed by atoms with E-state index in [1.807, 2.05) is 60.8 Å². The van der Waals surface area contributed by atoms with Crippen LogP contribution < -0.4 is 10.2 Å². The first kappa shape index (κ1) is 26.1. The molecule has 3 heterocycles. The highest BCUT2D eigenvalue weighted by atomic mass is 32.2. The van der Waals surface area contributed by atoms with Crippen molar-refractivity contribution in [3.05, 3.63) is 88.4 Å². The number of thioether (sulfide) groups is 1. The number of halogens is 1. The van der Waals surface area contributed by atoms with E-state index in [0.29, 0.717) is 24.6 Å². The Morgan fingerprint density at radius 2 is 1.87 bits per heavy atom. The van der Waals surface area contributed by atoms with E-state index >= 15 is 0 Å². The lowest BCUT2D eigenvalue weighted by atomic mass is 10.0. The SMILES string of the molecule is CN(C)CCNC(=O)CN1C(=O)CSC(c2cccs2)c2c(-c3ccccc3)nn(-c3ccc(F)cc3)c21. The summed E-state index contributed by atoms with van der Waals surface area (Å²) in [5.41, 5.74) is 3.09. The van der Waals surface area contributed by atoms with Gasteiger partial charge in [0.1, 0.15) is 18.2 Å². The van der Waals surface area contributed by atoms with Crippen molar-refractivity contribution in [1.82, 2.24) is 20.0 Å². The monoisotopic (exact) mass is 549 g/mol. The zero-order valence-electron chi connectivity index (χ0n) is 21.1. The number of carbonyl (C=O) groups excluding carboxylic acids is 2. The van der Waals surface area contributed by atoms with Crippen LogP contribution in [0.2, 0.25) is 0 Å². The first-order valence-electron chi connectivity index (χ1n) is 12.2. The summed E-state index contributed by atoms with van der Waals surface area (Å²) in [5.74, 6) is -0.0539. The van der Waals surface area contributed by atoms with Crippen molar-refractivity contribution in [3.63, 3.8) is 0 Å². The van der Waals surface area contributed by atoms with Crippen LogP contribution in [-0.2, 0) is 9.59 Å². The van der Waals surface area contributed by atoms with E-state index in [-0.39, 0.29) is 35.2 Å². The summed E-state index contributed by atoms with van der Waals surface area (Å²) < 4.78 is 15.5. The molecule has 0 bridgehead atoms. The van der Waals surface area contributed by atoms with Crippen molar-refractivity contribution in [1.29, 1.82) is 0 Å². The molecule has 10 heteroatoms. The van der Waals surface area contributed by atoms with E-state index in [9.17, 15) is 14.0 Å². The summed E-state index contributed by atoms with van der Waals surface area (Å²) in [6.07, 6.45) is 0. The molecule has 0 saturated heterocycles. The fourth-order valence-electron chi connectivity index (χ4n) is 4.37. The highest BCUT2D eigenvalue weighted by Gasteiger charge is 2.38. The Labute approximate surface area is 229 Å². The molecule has 5 rings (SSSR count). The van der Waals surface area contributed by atoms with E-state index in [4.69, 9.17) is 5.10 Å². The number of likely N-dealkylation sites (N-methyl/N-ethyl adjacent to an activating group) is 1. The third kappa shape index (κ3) is 5.52. The average Bonchev–Trinajstić information content (AvgIpc) is 3.55. The van der Waals surface area contributed by atoms with Gasteiger partial charge in [0.25, 0.3) is 0 Å². The molecular formula is C28H28FN5O2S2. The Morgan fingerprint density at radius 3 is 2.55 bits per heavy atom. The van der Waals surface area contributed by atoms with Gasteiger partial charge in [-0.25, -0.2) is 9.07 Å². The molecule has 1 aliphatic rings. The molecule has 0 radical (unpaired) electrons. The van der Waals surface area contributed by atoms with Crippen LogP contribution in [0.15, 0.2) is 72.1 Å². The third-order valence-electron chi connectivity index (χ3n) is 6.19. The van der Waals surface area contributed by atoms with Crippen LogP contribution in [0.3, 0.4) is 0 Å². The fraction of sp³-hybridized carbons (Fsp3) is 0.250. The lowest BCUT2D eigenvalue weighted by molar-refractivity contribution is -0.122. The van der Waals surface area contributed by atoms with Crippen molar-refractivity contribution >= 4 is 40.7 Å². The number of aromatic nitrogens is 2. The lowest BCUT2D eigenvalue weighted by Crippen LogP contribution is -2.43. The lowest BCUT2D eigenvalue weighted by Gasteiger charge is -2.23. The van der Waals surface area contributed by atoms with Crippen molar-refractivity contribution in [3.8, 4) is 16.9 Å². The maximum Gasteiger partial charge on any atom is 0.240 e. The number of anilines is 1. The maximum atomic E-state index is 13.9. The standard InChI is InChI=1S/C28H28FN5O2S2/c1-32(2)15-14-30-23(35)17-33-24(36)18-38-27(22-9-6-16-37-22)25-26(19-7-4-3-5-8-19)31-34(28(25)33)21-12-10-20(29)11-13-21/h3-13,16,27H,14-15,17-18H2,1-2H3,(H,30,35). The highest BCUT2D eigenvalue weighted by Crippen LogP contribution is 2.49. The zero-order chi connectivity index (χ0) is 26.6. The van der Waals surface area contributed by atoms with E-state index < -0.39 is 0 Å². The Morgan fingerprint density at radius 1 is 1.11 bits per heavy atom. The topological polar surface area (TPSA) is 70.5 Å². The quantitative estimate of drug-likeness (QED) is 0.348. The van der Waals surface area contributed by atoms with Crippen molar-refractivity contribution in [2.24, 2.45) is 0 Å². The minimum absolute atomic E-state index is 0.141. The molecule has 2 aromatic carbocycles. The minimum Gasteiger partial charge on any atom is -0.353 e. The Kier molecular flexibility index (Phi) is 7.92. The Balaban J connectivity index is 1.69. The number of nitrogens with one attached hydrogen (secondary N) is 1. The fourth-order valence-corrected chi connectivity index (χ4v) is 6.55. The Hall–Kier alpha value is -3.47. The summed E-state index contributed by atoms with van der Waals surface area (Å²) in [4.78, 5) is 31.3. The van der Waals surface area contributed by atoms with E-state index in [1.54, 1.807) is 28.2 Å². The molecule has 0 spiro atoms. The van der Waals surface area contributed by atoms with Gasteiger partial charge in [0.05, 0.1) is 22.4 Å². The molecule has 0 aliphatic carbocycles. The van der Waals surface area contributed by atoms with Crippen LogP contribution in [0.25, 0.3) is 16.9 Å². The van der Waals surface area contributed by atoms with Gasteiger partial charge >= 0.3 is 0 Å². The van der Waals surface area contributed by atoms with Gasteiger partial charge in [-0.15, -0.1) is 23.1 Å². The molecule has 1 N–H and O–H groups in total. The van der Waals surface area contributed by atoms with Gasteiger partial charge in [-0.2, -0.15) is 5.10 Å². The molecule has 38 heavy (non-hydrogen) atoms. The summed E-state index contributed by atoms with van der Waals surface area (Å²) in [6, 6.07) is 19.9. The average molecular weight is 550 g/mol. The third-order valence-corrected chi connectivity index (χ3v) is 8.51. The van der Waals surface area contributed by atoms with Crippen LogP contribution in [0.1, 0.15) is 15.7 Å². The summed E-state index contributed by atoms with van der Waals surface area (Å²) in [7, 11) is 3.87. The summed E-state index contributed by atoms with van der Waals surface area (Å²) in [6.45, 7) is 1.02. The van der Waals surface area contributed by atoms with Gasteiger partial charge in [0.2, 0.25) is 11.8 Å². The second-order valence-electron chi connectivity index (χ2n) is 9.18. The number of amides is 2. The van der Waals surface area contributed by atoms with Gasteiger partial charge < -0.3 is 10.2 Å². The molecule has 7 nitrogen and oxygen atoms in total. The molecular weight excluding hydrogens is 521 g/mol. The predicted molar refractivity (Wildman–Crippen MR) is 151 cm³/mol. The van der Waals surface area contributed by atoms with Crippen LogP contribution >= 0.6 is 23.1 Å². The smallest absolute Gasteiger partial charge is 0.240 e. The van der Waals surface area contributed by atoms with Crippen molar-refractivity contribution in [2.75, 3.05) is 44.4 Å². The maximum absolute atomic E-state index is 13.9.